The summed E-state index contributed by atoms with van der Waals surface area (Å²) in [5.41, 5.74) is 1.08. The van der Waals surface area contributed by atoms with Crippen molar-refractivity contribution in [3.05, 3.63) is 48.0 Å². The summed E-state index contributed by atoms with van der Waals surface area (Å²) in [6, 6.07) is 12.4. The number of hydrogen-bond acceptors (Lipinski definition) is 5. The maximum Gasteiger partial charge on any atom is 0.243 e. The van der Waals surface area contributed by atoms with E-state index in [4.69, 9.17) is 14.2 Å². The number of nitrogens with zero attached hydrogens (tertiary/aromatic N) is 1. The molecule has 2 heterocycles. The van der Waals surface area contributed by atoms with Gasteiger partial charge in [0.25, 0.3) is 0 Å². The first-order valence-electron chi connectivity index (χ1n) is 8.70. The smallest absolute Gasteiger partial charge is 0.243 e. The summed E-state index contributed by atoms with van der Waals surface area (Å²) in [4.78, 5) is 0.298. The van der Waals surface area contributed by atoms with Crippen molar-refractivity contribution in [3.63, 3.8) is 0 Å². The van der Waals surface area contributed by atoms with Gasteiger partial charge in [0.15, 0.2) is 11.5 Å². The molecule has 0 amide bonds. The van der Waals surface area contributed by atoms with Gasteiger partial charge in [0.2, 0.25) is 16.8 Å². The number of sulfonamides is 1. The van der Waals surface area contributed by atoms with Gasteiger partial charge in [-0.25, -0.2) is 8.42 Å². The van der Waals surface area contributed by atoms with E-state index in [-0.39, 0.29) is 12.7 Å². The van der Waals surface area contributed by atoms with Gasteiger partial charge in [0.1, 0.15) is 5.75 Å². The van der Waals surface area contributed by atoms with Crippen molar-refractivity contribution in [2.24, 2.45) is 0 Å². The van der Waals surface area contributed by atoms with Gasteiger partial charge < -0.3 is 14.2 Å². The third-order valence-electron chi connectivity index (χ3n) is 4.79. The Morgan fingerprint density at radius 2 is 1.88 bits per heavy atom. The SMILES string of the molecule is CCOc1ccc(S(=O)(=O)N2CCC(c3ccc4c(c3)OCO4)C2)cc1. The molecule has 2 aromatic rings. The largest absolute Gasteiger partial charge is 0.494 e. The molecule has 138 valence electrons. The molecule has 0 saturated carbocycles. The molecule has 2 aliphatic heterocycles. The maximum absolute atomic E-state index is 12.9. The second-order valence-electron chi connectivity index (χ2n) is 6.37. The number of hydrogen-bond donors (Lipinski definition) is 0. The lowest BCUT2D eigenvalue weighted by Gasteiger charge is -2.17. The minimum atomic E-state index is -3.50. The molecule has 2 aromatic carbocycles. The van der Waals surface area contributed by atoms with Crippen LogP contribution in [0, 0.1) is 0 Å². The van der Waals surface area contributed by atoms with Gasteiger partial charge >= 0.3 is 0 Å². The van der Waals surface area contributed by atoms with Gasteiger partial charge in [-0.2, -0.15) is 4.31 Å². The van der Waals surface area contributed by atoms with E-state index in [1.807, 2.05) is 25.1 Å². The van der Waals surface area contributed by atoms with E-state index in [0.717, 1.165) is 23.5 Å². The van der Waals surface area contributed by atoms with E-state index in [2.05, 4.69) is 0 Å². The Morgan fingerprint density at radius 3 is 2.65 bits per heavy atom. The maximum atomic E-state index is 12.9. The Kier molecular flexibility index (Phi) is 4.50. The molecule has 26 heavy (non-hydrogen) atoms. The highest BCUT2D eigenvalue weighted by Gasteiger charge is 2.33. The molecule has 4 rings (SSSR count). The Hall–Kier alpha value is -2.25. The van der Waals surface area contributed by atoms with Gasteiger partial charge in [-0.05, 0) is 61.2 Å². The van der Waals surface area contributed by atoms with Crippen molar-refractivity contribution in [2.45, 2.75) is 24.2 Å². The number of benzene rings is 2. The summed E-state index contributed by atoms with van der Waals surface area (Å²) in [7, 11) is -3.50. The van der Waals surface area contributed by atoms with E-state index in [1.165, 1.54) is 0 Å². The molecule has 0 aliphatic carbocycles. The molecule has 6 nitrogen and oxygen atoms in total. The van der Waals surface area contributed by atoms with E-state index in [1.54, 1.807) is 28.6 Å². The summed E-state index contributed by atoms with van der Waals surface area (Å²) in [6.45, 7) is 3.66. The van der Waals surface area contributed by atoms with Crippen molar-refractivity contribution in [1.29, 1.82) is 0 Å². The second-order valence-corrected chi connectivity index (χ2v) is 8.30. The summed E-state index contributed by atoms with van der Waals surface area (Å²) >= 11 is 0. The zero-order chi connectivity index (χ0) is 18.1. The first-order valence-corrected chi connectivity index (χ1v) is 10.1. The standard InChI is InChI=1S/C19H21NO5S/c1-2-23-16-4-6-17(7-5-16)26(21,22)20-10-9-15(12-20)14-3-8-18-19(11-14)25-13-24-18/h3-8,11,15H,2,9-10,12-13H2,1H3. The summed E-state index contributed by atoms with van der Waals surface area (Å²) < 4.78 is 43.5. The first kappa shape index (κ1) is 17.2. The van der Waals surface area contributed by atoms with Crippen LogP contribution < -0.4 is 14.2 Å². The van der Waals surface area contributed by atoms with Crippen LogP contribution in [0.3, 0.4) is 0 Å². The molecule has 1 fully saturated rings. The zero-order valence-corrected chi connectivity index (χ0v) is 15.4. The fourth-order valence-electron chi connectivity index (χ4n) is 3.41. The Bertz CT molecular complexity index is 895. The molecule has 0 spiro atoms. The van der Waals surface area contributed by atoms with Crippen molar-refractivity contribution in [3.8, 4) is 17.2 Å². The Morgan fingerprint density at radius 1 is 1.12 bits per heavy atom. The quantitative estimate of drug-likeness (QED) is 0.804. The monoisotopic (exact) mass is 375 g/mol. The van der Waals surface area contributed by atoms with Gasteiger partial charge in [0, 0.05) is 13.1 Å². The lowest BCUT2D eigenvalue weighted by molar-refractivity contribution is 0.174. The Balaban J connectivity index is 1.50. The van der Waals surface area contributed by atoms with Crippen LogP contribution in [-0.4, -0.2) is 39.2 Å². The zero-order valence-electron chi connectivity index (χ0n) is 14.6. The molecule has 7 heteroatoms. The molecule has 0 radical (unpaired) electrons. The van der Waals surface area contributed by atoms with Crippen molar-refractivity contribution in [1.82, 2.24) is 4.31 Å². The third-order valence-corrected chi connectivity index (χ3v) is 6.67. The second kappa shape index (κ2) is 6.81. The predicted molar refractivity (Wildman–Crippen MR) is 96.3 cm³/mol. The van der Waals surface area contributed by atoms with Crippen LogP contribution in [0.5, 0.6) is 17.2 Å². The minimum Gasteiger partial charge on any atom is -0.494 e. The van der Waals surface area contributed by atoms with E-state index >= 15 is 0 Å². The first-order chi connectivity index (χ1) is 12.6. The normalized spacial score (nSPS) is 19.7. The number of ether oxygens (including phenoxy) is 3. The summed E-state index contributed by atoms with van der Waals surface area (Å²) in [5.74, 6) is 2.30. The van der Waals surface area contributed by atoms with Crippen LogP contribution in [0.25, 0.3) is 0 Å². The van der Waals surface area contributed by atoms with Crippen LogP contribution in [0.1, 0.15) is 24.8 Å². The predicted octanol–water partition coefficient (Wildman–Crippen LogP) is 2.99. The van der Waals surface area contributed by atoms with Crippen LogP contribution in [0.2, 0.25) is 0 Å². The average Bonchev–Trinajstić information content (AvgIpc) is 3.31. The van der Waals surface area contributed by atoms with E-state index in [9.17, 15) is 8.42 Å². The van der Waals surface area contributed by atoms with Crippen LogP contribution >= 0.6 is 0 Å². The fourth-order valence-corrected chi connectivity index (χ4v) is 4.91. The van der Waals surface area contributed by atoms with E-state index in [0.29, 0.717) is 30.3 Å². The summed E-state index contributed by atoms with van der Waals surface area (Å²) in [6.07, 6.45) is 0.788. The minimum absolute atomic E-state index is 0.155. The van der Waals surface area contributed by atoms with Crippen LogP contribution in [0.15, 0.2) is 47.4 Å². The number of fused-ring (bicyclic) bond motifs is 1. The lowest BCUT2D eigenvalue weighted by atomic mass is 9.98. The molecule has 0 bridgehead atoms. The fraction of sp³-hybridized carbons (Fsp3) is 0.368. The molecule has 0 aromatic heterocycles. The molecule has 1 unspecified atom stereocenters. The highest BCUT2D eigenvalue weighted by molar-refractivity contribution is 7.89. The molecule has 2 aliphatic rings. The molecule has 1 saturated heterocycles. The summed E-state index contributed by atoms with van der Waals surface area (Å²) in [5, 5.41) is 0. The molecular formula is C19H21NO5S. The van der Waals surface area contributed by atoms with Crippen molar-refractivity contribution >= 4 is 10.0 Å². The van der Waals surface area contributed by atoms with E-state index < -0.39 is 10.0 Å². The van der Waals surface area contributed by atoms with Crippen molar-refractivity contribution in [2.75, 3.05) is 26.5 Å². The molecule has 0 N–H and O–H groups in total. The van der Waals surface area contributed by atoms with Crippen molar-refractivity contribution < 1.29 is 22.6 Å². The highest BCUT2D eigenvalue weighted by atomic mass is 32.2. The van der Waals surface area contributed by atoms with Gasteiger partial charge in [-0.3, -0.25) is 0 Å². The molecular weight excluding hydrogens is 354 g/mol. The molecule has 1 atom stereocenters. The average molecular weight is 375 g/mol. The third kappa shape index (κ3) is 3.12. The van der Waals surface area contributed by atoms with Gasteiger partial charge in [0.05, 0.1) is 11.5 Å². The van der Waals surface area contributed by atoms with Crippen LogP contribution in [-0.2, 0) is 10.0 Å². The van der Waals surface area contributed by atoms with Crippen LogP contribution in [0.4, 0.5) is 0 Å². The Labute approximate surface area is 153 Å². The lowest BCUT2D eigenvalue weighted by Crippen LogP contribution is -2.28. The topological polar surface area (TPSA) is 65.1 Å². The van der Waals surface area contributed by atoms with Gasteiger partial charge in [-0.1, -0.05) is 6.07 Å². The number of rotatable bonds is 5. The van der Waals surface area contributed by atoms with Gasteiger partial charge in [-0.15, -0.1) is 0 Å². The highest BCUT2D eigenvalue weighted by Crippen LogP contribution is 2.38.